The second-order valence-corrected chi connectivity index (χ2v) is 7.29. The Hall–Kier alpha value is -0.210. The number of nitrogens with zero attached hydrogens (tertiary/aromatic N) is 1. The Kier molecular flexibility index (Phi) is 7.39. The Morgan fingerprint density at radius 1 is 1.30 bits per heavy atom. The van der Waals surface area contributed by atoms with Crippen molar-refractivity contribution in [3.05, 3.63) is 0 Å². The highest BCUT2D eigenvalue weighted by Crippen LogP contribution is 2.23. The highest BCUT2D eigenvalue weighted by Gasteiger charge is 2.29. The van der Waals surface area contributed by atoms with Gasteiger partial charge in [-0.2, -0.15) is 0 Å². The molecular weight excluding hydrogens is 280 g/mol. The first-order chi connectivity index (χ1) is 9.38. The van der Waals surface area contributed by atoms with E-state index >= 15 is 0 Å². The summed E-state index contributed by atoms with van der Waals surface area (Å²) in [5.74, 6) is 0.275. The van der Waals surface area contributed by atoms with Crippen molar-refractivity contribution < 1.29 is 17.9 Å². The van der Waals surface area contributed by atoms with Crippen LogP contribution >= 0.6 is 0 Å². The summed E-state index contributed by atoms with van der Waals surface area (Å²) in [6.07, 6.45) is 3.47. The average Bonchev–Trinajstić information content (AvgIpc) is 2.38. The summed E-state index contributed by atoms with van der Waals surface area (Å²) in [6, 6.07) is -0.223. The molecule has 2 unspecified atom stereocenters. The Balaban J connectivity index is 2.53. The van der Waals surface area contributed by atoms with E-state index < -0.39 is 16.3 Å². The Bertz CT molecular complexity index is 369. The lowest BCUT2D eigenvalue weighted by Gasteiger charge is -2.33. The maximum atomic E-state index is 11.6. The van der Waals surface area contributed by atoms with E-state index in [9.17, 15) is 8.42 Å². The van der Waals surface area contributed by atoms with Crippen LogP contribution < -0.4 is 5.73 Å². The van der Waals surface area contributed by atoms with E-state index in [4.69, 9.17) is 15.2 Å². The van der Waals surface area contributed by atoms with Crippen molar-refractivity contribution in [2.24, 2.45) is 11.7 Å². The van der Waals surface area contributed by atoms with E-state index in [0.29, 0.717) is 26.3 Å². The summed E-state index contributed by atoms with van der Waals surface area (Å²) in [4.78, 5) is 0. The van der Waals surface area contributed by atoms with Crippen molar-refractivity contribution >= 4 is 10.0 Å². The highest BCUT2D eigenvalue weighted by atomic mass is 32.2. The van der Waals surface area contributed by atoms with Gasteiger partial charge in [0.1, 0.15) is 0 Å². The van der Waals surface area contributed by atoms with Gasteiger partial charge in [0.15, 0.2) is 6.29 Å². The van der Waals surface area contributed by atoms with Gasteiger partial charge in [-0.05, 0) is 39.0 Å². The molecule has 2 atom stereocenters. The van der Waals surface area contributed by atoms with E-state index in [0.717, 1.165) is 19.3 Å². The van der Waals surface area contributed by atoms with E-state index in [1.807, 2.05) is 13.8 Å². The van der Waals surface area contributed by atoms with Gasteiger partial charge in [-0.1, -0.05) is 0 Å². The third kappa shape index (κ3) is 5.65. The molecular formula is C13H28N2O4S. The second-order valence-electron chi connectivity index (χ2n) is 5.31. The van der Waals surface area contributed by atoms with Crippen LogP contribution in [0.2, 0.25) is 0 Å². The lowest BCUT2D eigenvalue weighted by molar-refractivity contribution is -0.151. The van der Waals surface area contributed by atoms with Gasteiger partial charge >= 0.3 is 0 Å². The van der Waals surface area contributed by atoms with E-state index in [2.05, 4.69) is 0 Å². The van der Waals surface area contributed by atoms with Crippen LogP contribution in [-0.2, 0) is 19.5 Å². The lowest BCUT2D eigenvalue weighted by Crippen LogP contribution is -2.45. The van der Waals surface area contributed by atoms with Gasteiger partial charge in [-0.25, -0.2) is 12.7 Å². The molecule has 1 rings (SSSR count). The van der Waals surface area contributed by atoms with Gasteiger partial charge in [0, 0.05) is 26.3 Å². The fourth-order valence-corrected chi connectivity index (χ4v) is 3.58. The molecule has 7 heteroatoms. The van der Waals surface area contributed by atoms with Crippen LogP contribution in [0.25, 0.3) is 0 Å². The zero-order valence-electron chi connectivity index (χ0n) is 12.7. The molecule has 20 heavy (non-hydrogen) atoms. The molecule has 0 aliphatic carbocycles. The quantitative estimate of drug-likeness (QED) is 0.670. The zero-order chi connectivity index (χ0) is 15.2. The van der Waals surface area contributed by atoms with Crippen LogP contribution in [0.15, 0.2) is 0 Å². The third-order valence-electron chi connectivity index (χ3n) is 3.57. The molecule has 6 nitrogen and oxygen atoms in total. The van der Waals surface area contributed by atoms with Gasteiger partial charge in [-0.15, -0.1) is 0 Å². The van der Waals surface area contributed by atoms with E-state index in [1.165, 1.54) is 6.26 Å². The van der Waals surface area contributed by atoms with Crippen molar-refractivity contribution in [1.82, 2.24) is 4.31 Å². The van der Waals surface area contributed by atoms with Crippen LogP contribution in [0.3, 0.4) is 0 Å². The van der Waals surface area contributed by atoms with Crippen molar-refractivity contribution in [2.75, 3.05) is 32.6 Å². The average molecular weight is 308 g/mol. The van der Waals surface area contributed by atoms with Gasteiger partial charge in [-0.3, -0.25) is 0 Å². The molecule has 0 aromatic rings. The molecule has 2 N–H and O–H groups in total. The number of hydrogen-bond donors (Lipinski definition) is 1. The molecule has 0 saturated carbocycles. The van der Waals surface area contributed by atoms with Crippen LogP contribution in [0.4, 0.5) is 0 Å². The molecule has 0 amide bonds. The third-order valence-corrected chi connectivity index (χ3v) is 4.84. The van der Waals surface area contributed by atoms with Gasteiger partial charge in [0.05, 0.1) is 12.3 Å². The topological polar surface area (TPSA) is 81.9 Å². The van der Waals surface area contributed by atoms with Crippen LogP contribution in [-0.4, -0.2) is 57.6 Å². The van der Waals surface area contributed by atoms with Crippen LogP contribution in [0.1, 0.15) is 33.1 Å². The van der Waals surface area contributed by atoms with Crippen LogP contribution in [0.5, 0.6) is 0 Å². The SMILES string of the molecule is CCOC(OCC)C(N)CC1CCCN(S(C)(=O)=O)C1. The largest absolute Gasteiger partial charge is 0.351 e. The molecule has 1 aliphatic heterocycles. The fourth-order valence-electron chi connectivity index (χ4n) is 2.64. The van der Waals surface area contributed by atoms with Gasteiger partial charge in [0.2, 0.25) is 10.0 Å². The predicted molar refractivity (Wildman–Crippen MR) is 78.8 cm³/mol. The van der Waals surface area contributed by atoms with Crippen molar-refractivity contribution in [3.8, 4) is 0 Å². The number of nitrogens with two attached hydrogens (primary N) is 1. The summed E-state index contributed by atoms with van der Waals surface area (Å²) in [5, 5.41) is 0. The fraction of sp³-hybridized carbons (Fsp3) is 1.00. The summed E-state index contributed by atoms with van der Waals surface area (Å²) in [5.41, 5.74) is 6.16. The molecule has 1 saturated heterocycles. The Labute approximate surface area is 122 Å². The molecule has 0 aromatic heterocycles. The second kappa shape index (κ2) is 8.29. The Morgan fingerprint density at radius 3 is 2.40 bits per heavy atom. The lowest BCUT2D eigenvalue weighted by atomic mass is 9.92. The summed E-state index contributed by atoms with van der Waals surface area (Å²) in [7, 11) is -3.11. The number of hydrogen-bond acceptors (Lipinski definition) is 5. The van der Waals surface area contributed by atoms with Crippen LogP contribution in [0, 0.1) is 5.92 Å². The van der Waals surface area contributed by atoms with Crippen molar-refractivity contribution in [3.63, 3.8) is 0 Å². The van der Waals surface area contributed by atoms with E-state index in [1.54, 1.807) is 4.31 Å². The normalized spacial score (nSPS) is 23.1. The molecule has 1 heterocycles. The zero-order valence-corrected chi connectivity index (χ0v) is 13.6. The molecule has 0 bridgehead atoms. The predicted octanol–water partition coefficient (Wildman–Crippen LogP) is 0.775. The summed E-state index contributed by atoms with van der Waals surface area (Å²) >= 11 is 0. The minimum Gasteiger partial charge on any atom is -0.351 e. The summed E-state index contributed by atoms with van der Waals surface area (Å²) < 4.78 is 35.8. The Morgan fingerprint density at radius 2 is 1.90 bits per heavy atom. The molecule has 1 aliphatic rings. The van der Waals surface area contributed by atoms with Gasteiger partial charge in [0.25, 0.3) is 0 Å². The first-order valence-corrected chi connectivity index (χ1v) is 9.17. The molecule has 120 valence electrons. The molecule has 0 aromatic carbocycles. The number of sulfonamides is 1. The van der Waals surface area contributed by atoms with E-state index in [-0.39, 0.29) is 12.0 Å². The first-order valence-electron chi connectivity index (χ1n) is 7.32. The number of rotatable bonds is 8. The maximum Gasteiger partial charge on any atom is 0.211 e. The molecule has 0 radical (unpaired) electrons. The van der Waals surface area contributed by atoms with Crippen molar-refractivity contribution in [2.45, 2.75) is 45.4 Å². The standard InChI is InChI=1S/C13H28N2O4S/c1-4-18-13(19-5-2)12(14)9-11-7-6-8-15(10-11)20(3,16)17/h11-13H,4-10,14H2,1-3H3. The molecule has 0 spiro atoms. The highest BCUT2D eigenvalue weighted by molar-refractivity contribution is 7.88. The first kappa shape index (κ1) is 17.8. The number of ether oxygens (including phenoxy) is 2. The number of piperidine rings is 1. The smallest absolute Gasteiger partial charge is 0.211 e. The van der Waals surface area contributed by atoms with Crippen molar-refractivity contribution in [1.29, 1.82) is 0 Å². The monoisotopic (exact) mass is 308 g/mol. The molecule has 1 fully saturated rings. The minimum atomic E-state index is -3.11. The van der Waals surface area contributed by atoms with Gasteiger partial charge < -0.3 is 15.2 Å². The summed E-state index contributed by atoms with van der Waals surface area (Å²) in [6.45, 7) is 6.09. The maximum absolute atomic E-state index is 11.6. The minimum absolute atomic E-state index is 0.223.